The number of hydrogen-bond donors (Lipinski definition) is 5. The van der Waals surface area contributed by atoms with Crippen LogP contribution < -0.4 is 5.32 Å². The molecule has 0 aromatic carbocycles. The summed E-state index contributed by atoms with van der Waals surface area (Å²) >= 11 is 0. The van der Waals surface area contributed by atoms with Crippen molar-refractivity contribution >= 4 is 17.4 Å². The minimum absolute atomic E-state index is 0.177. The fourth-order valence-corrected chi connectivity index (χ4v) is 2.07. The Labute approximate surface area is 102 Å². The summed E-state index contributed by atoms with van der Waals surface area (Å²) in [7, 11) is -5.95. The Balaban J connectivity index is 0.000000557. The van der Waals surface area contributed by atoms with Crippen molar-refractivity contribution in [1.29, 1.82) is 0 Å². The third-order valence-corrected chi connectivity index (χ3v) is 3.12. The van der Waals surface area contributed by atoms with Gasteiger partial charge in [-0.2, -0.15) is 8.42 Å². The van der Waals surface area contributed by atoms with Crippen LogP contribution in [0.5, 0.6) is 0 Å². The van der Waals surface area contributed by atoms with Crippen LogP contribution in [0, 0.1) is 0 Å². The Kier molecular flexibility index (Phi) is 8.74. The molecule has 0 atom stereocenters. The lowest BCUT2D eigenvalue weighted by atomic mass is 9.96. The molecule has 1 aliphatic carbocycles. The van der Waals surface area contributed by atoms with Gasteiger partial charge in [0.15, 0.2) is 0 Å². The van der Waals surface area contributed by atoms with Crippen LogP contribution in [0.25, 0.3) is 0 Å². The average molecular weight is 269 g/mol. The van der Waals surface area contributed by atoms with Crippen molar-refractivity contribution in [3.63, 3.8) is 0 Å². The predicted octanol–water partition coefficient (Wildman–Crippen LogP) is -1.26. The Morgan fingerprint density at radius 3 is 2.00 bits per heavy atom. The van der Waals surface area contributed by atoms with Gasteiger partial charge in [0, 0.05) is 12.6 Å². The van der Waals surface area contributed by atoms with E-state index < -0.39 is 17.4 Å². The molecule has 5 N–H and O–H groups in total. The minimum Gasteiger partial charge on any atom is -0.402 e. The summed E-state index contributed by atoms with van der Waals surface area (Å²) in [6.45, 7) is 0.365. The third kappa shape index (κ3) is 13.8. The van der Waals surface area contributed by atoms with Crippen molar-refractivity contribution in [1.82, 2.24) is 5.32 Å². The Hall–Kier alpha value is -0.185. The van der Waals surface area contributed by atoms with E-state index in [9.17, 15) is 8.42 Å². The summed E-state index contributed by atoms with van der Waals surface area (Å²) < 4.78 is 29.3. The van der Waals surface area contributed by atoms with Crippen molar-refractivity contribution in [3.05, 3.63) is 0 Å². The molecular formula is C8H20BNO6S. The van der Waals surface area contributed by atoms with Gasteiger partial charge in [0.25, 0.3) is 10.1 Å². The first-order valence-electron chi connectivity index (χ1n) is 5.54. The first-order chi connectivity index (χ1) is 7.81. The van der Waals surface area contributed by atoms with Gasteiger partial charge < -0.3 is 20.4 Å². The van der Waals surface area contributed by atoms with Gasteiger partial charge in [-0.15, -0.1) is 0 Å². The Bertz CT molecular complexity index is 275. The quantitative estimate of drug-likeness (QED) is 0.318. The largest absolute Gasteiger partial charge is 0.631 e. The van der Waals surface area contributed by atoms with Crippen LogP contribution in [-0.4, -0.2) is 53.7 Å². The molecule has 0 bridgehead atoms. The van der Waals surface area contributed by atoms with Gasteiger partial charge in [-0.3, -0.25) is 4.55 Å². The van der Waals surface area contributed by atoms with Crippen LogP contribution in [0.15, 0.2) is 0 Å². The summed E-state index contributed by atoms with van der Waals surface area (Å²) in [4.78, 5) is 0. The average Bonchev–Trinajstić information content (AvgIpc) is 2.16. The third-order valence-electron chi connectivity index (χ3n) is 2.40. The maximum absolute atomic E-state index is 10.4. The molecule has 0 unspecified atom stereocenters. The zero-order chi connectivity index (χ0) is 13.3. The van der Waals surface area contributed by atoms with E-state index in [1.807, 2.05) is 0 Å². The van der Waals surface area contributed by atoms with E-state index in [0.29, 0.717) is 12.6 Å². The normalized spacial score (nSPS) is 17.2. The van der Waals surface area contributed by atoms with E-state index in [1.165, 1.54) is 19.3 Å². The Morgan fingerprint density at radius 2 is 1.59 bits per heavy atom. The van der Waals surface area contributed by atoms with Crippen LogP contribution in [-0.2, 0) is 10.1 Å². The topological polar surface area (TPSA) is 127 Å². The van der Waals surface area contributed by atoms with Gasteiger partial charge in [-0.05, 0) is 12.8 Å². The van der Waals surface area contributed by atoms with Crippen LogP contribution in [0.4, 0.5) is 0 Å². The second-order valence-electron chi connectivity index (χ2n) is 3.92. The minimum atomic E-state index is -3.79. The van der Waals surface area contributed by atoms with E-state index in [4.69, 9.17) is 19.6 Å². The number of nitrogens with one attached hydrogen (secondary N) is 1. The highest BCUT2D eigenvalue weighted by Gasteiger charge is 2.13. The van der Waals surface area contributed by atoms with Gasteiger partial charge >= 0.3 is 7.32 Å². The fourth-order valence-electron chi connectivity index (χ4n) is 1.70. The van der Waals surface area contributed by atoms with Crippen LogP contribution >= 0.6 is 0 Å². The monoisotopic (exact) mass is 269 g/mol. The highest BCUT2D eigenvalue weighted by molar-refractivity contribution is 7.85. The molecule has 0 amide bonds. The second kappa shape index (κ2) is 8.84. The highest BCUT2D eigenvalue weighted by Crippen LogP contribution is 2.16. The molecule has 1 saturated carbocycles. The van der Waals surface area contributed by atoms with Gasteiger partial charge in [-0.25, -0.2) is 0 Å². The molecule has 7 nitrogen and oxygen atoms in total. The molecule has 0 aromatic rings. The predicted molar refractivity (Wildman–Crippen MR) is 63.7 cm³/mol. The molecule has 9 heteroatoms. The molecular weight excluding hydrogens is 249 g/mol. The summed E-state index contributed by atoms with van der Waals surface area (Å²) in [5, 5.41) is 24.6. The summed E-state index contributed by atoms with van der Waals surface area (Å²) in [5.74, 6) is -0.177. The lowest BCUT2D eigenvalue weighted by molar-refractivity contribution is 0.278. The molecule has 0 saturated heterocycles. The maximum atomic E-state index is 10.4. The van der Waals surface area contributed by atoms with E-state index in [2.05, 4.69) is 5.32 Å². The first kappa shape index (κ1) is 16.8. The van der Waals surface area contributed by atoms with E-state index >= 15 is 0 Å². The van der Waals surface area contributed by atoms with Crippen molar-refractivity contribution in [3.8, 4) is 0 Å². The molecule has 0 aliphatic heterocycles. The fraction of sp³-hybridized carbons (Fsp3) is 1.00. The van der Waals surface area contributed by atoms with Gasteiger partial charge in [0.2, 0.25) is 0 Å². The van der Waals surface area contributed by atoms with Gasteiger partial charge in [0.05, 0.1) is 5.75 Å². The molecule has 0 heterocycles. The zero-order valence-electron chi connectivity index (χ0n) is 9.62. The van der Waals surface area contributed by atoms with E-state index in [1.54, 1.807) is 0 Å². The van der Waals surface area contributed by atoms with Crippen molar-refractivity contribution in [2.24, 2.45) is 0 Å². The van der Waals surface area contributed by atoms with Crippen molar-refractivity contribution in [2.45, 2.75) is 38.1 Å². The highest BCUT2D eigenvalue weighted by atomic mass is 32.2. The number of hydrogen-bond acceptors (Lipinski definition) is 6. The first-order valence-corrected chi connectivity index (χ1v) is 7.15. The van der Waals surface area contributed by atoms with Crippen LogP contribution in [0.1, 0.15) is 32.1 Å². The molecule has 1 rings (SSSR count). The molecule has 0 aromatic heterocycles. The SMILES string of the molecule is O=S(=O)(O)CCNC1CCCCC1.OB(O)O. The van der Waals surface area contributed by atoms with Gasteiger partial charge in [-0.1, -0.05) is 19.3 Å². The van der Waals surface area contributed by atoms with Crippen LogP contribution in [0.2, 0.25) is 0 Å². The van der Waals surface area contributed by atoms with Gasteiger partial charge in [0.1, 0.15) is 0 Å². The van der Waals surface area contributed by atoms with Crippen molar-refractivity contribution in [2.75, 3.05) is 12.3 Å². The Morgan fingerprint density at radius 1 is 1.12 bits per heavy atom. The summed E-state index contributed by atoms with van der Waals surface area (Å²) in [5.41, 5.74) is 0. The molecule has 0 radical (unpaired) electrons. The number of rotatable bonds is 4. The molecule has 102 valence electrons. The summed E-state index contributed by atoms with van der Waals surface area (Å²) in [6, 6.07) is 0.454. The maximum Gasteiger partial charge on any atom is 0.631 e. The van der Waals surface area contributed by atoms with E-state index in [-0.39, 0.29) is 5.75 Å². The smallest absolute Gasteiger partial charge is 0.402 e. The second-order valence-corrected chi connectivity index (χ2v) is 5.49. The summed E-state index contributed by atoms with van der Waals surface area (Å²) in [6.07, 6.45) is 6.00. The molecule has 0 spiro atoms. The lowest BCUT2D eigenvalue weighted by Gasteiger charge is -2.22. The van der Waals surface area contributed by atoms with Crippen LogP contribution in [0.3, 0.4) is 0 Å². The standard InChI is InChI=1S/C8H17NO3S.BH3O3/c10-13(11,12)7-6-9-8-4-2-1-3-5-8;2-1(3)4/h8-9H,1-7H2,(H,10,11,12);2-4H. The zero-order valence-corrected chi connectivity index (χ0v) is 10.4. The van der Waals surface area contributed by atoms with E-state index in [0.717, 1.165) is 12.8 Å². The molecule has 1 aliphatic rings. The van der Waals surface area contributed by atoms with Crippen molar-refractivity contribution < 1.29 is 28.0 Å². The lowest BCUT2D eigenvalue weighted by Crippen LogP contribution is -2.34. The molecule has 17 heavy (non-hydrogen) atoms. The molecule has 1 fully saturated rings.